The first kappa shape index (κ1) is 12.4. The summed E-state index contributed by atoms with van der Waals surface area (Å²) < 4.78 is 0. The number of hydrogen-bond acceptors (Lipinski definition) is 5. The van der Waals surface area contributed by atoms with Crippen LogP contribution in [0.2, 0.25) is 0 Å². The van der Waals surface area contributed by atoms with E-state index in [0.717, 1.165) is 29.3 Å². The van der Waals surface area contributed by atoms with Crippen LogP contribution in [0, 0.1) is 10.1 Å². The van der Waals surface area contributed by atoms with E-state index >= 15 is 0 Å². The Labute approximate surface area is 114 Å². The number of nitro benzene ring substituents is 1. The lowest BCUT2D eigenvalue weighted by molar-refractivity contribution is -0.384. The predicted molar refractivity (Wildman–Crippen MR) is 74.5 cm³/mol. The summed E-state index contributed by atoms with van der Waals surface area (Å²) in [6, 6.07) is 4.71. The Balaban J connectivity index is 1.82. The lowest BCUT2D eigenvalue weighted by Crippen LogP contribution is -2.31. The van der Waals surface area contributed by atoms with E-state index in [1.807, 2.05) is 0 Å². The number of thioether (sulfide) groups is 1. The summed E-state index contributed by atoms with van der Waals surface area (Å²) in [6.45, 7) is 2.07. The van der Waals surface area contributed by atoms with Crippen molar-refractivity contribution < 1.29 is 4.92 Å². The largest absolute Gasteiger partial charge is 0.333 e. The van der Waals surface area contributed by atoms with Crippen LogP contribution < -0.4 is 5.32 Å². The van der Waals surface area contributed by atoms with E-state index in [1.165, 1.54) is 25.0 Å². The number of nitrogens with one attached hydrogen (secondary N) is 2. The standard InChI is InChI=1S/C12H14N4O2S/c17-16(18)8-3-4-10-11(6-8)15-12(14-10)19-9-2-1-5-13-7-9/h3-4,6,9,13H,1-2,5,7H2,(H,14,15). The zero-order valence-electron chi connectivity index (χ0n) is 10.3. The number of fused-ring (bicyclic) bond motifs is 1. The van der Waals surface area contributed by atoms with Crippen LogP contribution in [-0.4, -0.2) is 33.2 Å². The quantitative estimate of drug-likeness (QED) is 0.665. The van der Waals surface area contributed by atoms with Crippen LogP contribution in [-0.2, 0) is 0 Å². The Morgan fingerprint density at radius 2 is 2.37 bits per heavy atom. The molecule has 1 unspecified atom stereocenters. The molecule has 0 saturated carbocycles. The third kappa shape index (κ3) is 2.71. The summed E-state index contributed by atoms with van der Waals surface area (Å²) >= 11 is 1.71. The molecular formula is C12H14N4O2S. The van der Waals surface area contributed by atoms with Crippen molar-refractivity contribution in [3.63, 3.8) is 0 Å². The molecule has 0 spiro atoms. The van der Waals surface area contributed by atoms with Gasteiger partial charge in [0.25, 0.3) is 5.69 Å². The minimum absolute atomic E-state index is 0.0898. The summed E-state index contributed by atoms with van der Waals surface area (Å²) in [6.07, 6.45) is 2.36. The molecule has 1 aromatic carbocycles. The van der Waals surface area contributed by atoms with E-state index in [1.54, 1.807) is 17.8 Å². The van der Waals surface area contributed by atoms with E-state index in [4.69, 9.17) is 0 Å². The lowest BCUT2D eigenvalue weighted by Gasteiger charge is -2.20. The lowest BCUT2D eigenvalue weighted by atomic mass is 10.2. The van der Waals surface area contributed by atoms with Gasteiger partial charge in [0.05, 0.1) is 16.0 Å². The van der Waals surface area contributed by atoms with Gasteiger partial charge in [0.2, 0.25) is 0 Å². The van der Waals surface area contributed by atoms with Crippen molar-refractivity contribution in [1.82, 2.24) is 15.3 Å². The number of hydrogen-bond donors (Lipinski definition) is 2. The van der Waals surface area contributed by atoms with Gasteiger partial charge in [-0.05, 0) is 25.5 Å². The summed E-state index contributed by atoms with van der Waals surface area (Å²) in [5.74, 6) is 0. The van der Waals surface area contributed by atoms with Crippen molar-refractivity contribution in [2.45, 2.75) is 23.2 Å². The molecule has 1 atom stereocenters. The molecule has 1 aliphatic heterocycles. The molecule has 0 aliphatic carbocycles. The van der Waals surface area contributed by atoms with Gasteiger partial charge in [0.15, 0.2) is 5.16 Å². The van der Waals surface area contributed by atoms with Crippen molar-refractivity contribution in [2.75, 3.05) is 13.1 Å². The summed E-state index contributed by atoms with van der Waals surface area (Å²) in [7, 11) is 0. The van der Waals surface area contributed by atoms with Crippen LogP contribution in [0.5, 0.6) is 0 Å². The summed E-state index contributed by atoms with van der Waals surface area (Å²) in [5, 5.41) is 15.4. The van der Waals surface area contributed by atoms with Crippen LogP contribution >= 0.6 is 11.8 Å². The maximum Gasteiger partial charge on any atom is 0.271 e. The third-order valence-electron chi connectivity index (χ3n) is 3.18. The average Bonchev–Trinajstić information content (AvgIpc) is 2.80. The van der Waals surface area contributed by atoms with Crippen molar-refractivity contribution in [3.8, 4) is 0 Å². The van der Waals surface area contributed by atoms with E-state index in [2.05, 4.69) is 15.3 Å². The Bertz CT molecular complexity index is 607. The molecule has 2 N–H and O–H groups in total. The molecular weight excluding hydrogens is 264 g/mol. The van der Waals surface area contributed by atoms with Gasteiger partial charge < -0.3 is 10.3 Å². The fraction of sp³-hybridized carbons (Fsp3) is 0.417. The first-order chi connectivity index (χ1) is 9.22. The minimum atomic E-state index is -0.391. The number of benzene rings is 1. The number of nitro groups is 1. The van der Waals surface area contributed by atoms with Crippen LogP contribution in [0.3, 0.4) is 0 Å². The molecule has 100 valence electrons. The molecule has 1 fully saturated rings. The number of H-pyrrole nitrogens is 1. The van der Waals surface area contributed by atoms with Crippen LogP contribution in [0.25, 0.3) is 11.0 Å². The average molecular weight is 278 g/mol. The normalized spacial score (nSPS) is 19.7. The zero-order chi connectivity index (χ0) is 13.2. The molecule has 0 bridgehead atoms. The van der Waals surface area contributed by atoms with E-state index in [9.17, 15) is 10.1 Å². The molecule has 1 aliphatic rings. The van der Waals surface area contributed by atoms with Crippen LogP contribution in [0.1, 0.15) is 12.8 Å². The number of piperidine rings is 1. The molecule has 1 aromatic heterocycles. The summed E-state index contributed by atoms with van der Waals surface area (Å²) in [5.41, 5.74) is 1.59. The molecule has 3 rings (SSSR count). The molecule has 19 heavy (non-hydrogen) atoms. The van der Waals surface area contributed by atoms with E-state index in [0.29, 0.717) is 5.25 Å². The molecule has 1 saturated heterocycles. The highest BCUT2D eigenvalue weighted by molar-refractivity contribution is 7.99. The second-order valence-electron chi connectivity index (χ2n) is 4.59. The fourth-order valence-electron chi connectivity index (χ4n) is 2.22. The van der Waals surface area contributed by atoms with Gasteiger partial charge in [-0.3, -0.25) is 10.1 Å². The molecule has 2 aromatic rings. The maximum absolute atomic E-state index is 10.7. The van der Waals surface area contributed by atoms with Gasteiger partial charge in [0, 0.05) is 23.9 Å². The Morgan fingerprint density at radius 3 is 3.11 bits per heavy atom. The molecule has 0 amide bonds. The fourth-order valence-corrected chi connectivity index (χ4v) is 3.34. The Hall–Kier alpha value is -1.60. The van der Waals surface area contributed by atoms with Gasteiger partial charge in [0.1, 0.15) is 0 Å². The highest BCUT2D eigenvalue weighted by Crippen LogP contribution is 2.28. The number of nitrogens with zero attached hydrogens (tertiary/aromatic N) is 2. The van der Waals surface area contributed by atoms with Gasteiger partial charge in [-0.2, -0.15) is 0 Å². The van der Waals surface area contributed by atoms with Crippen molar-refractivity contribution in [2.24, 2.45) is 0 Å². The van der Waals surface area contributed by atoms with E-state index < -0.39 is 4.92 Å². The number of imidazole rings is 1. The number of aromatic amines is 1. The highest BCUT2D eigenvalue weighted by atomic mass is 32.2. The first-order valence-corrected chi connectivity index (χ1v) is 7.12. The molecule has 6 nitrogen and oxygen atoms in total. The second-order valence-corrected chi connectivity index (χ2v) is 5.88. The molecule has 2 heterocycles. The van der Waals surface area contributed by atoms with Crippen molar-refractivity contribution in [3.05, 3.63) is 28.3 Å². The number of rotatable bonds is 3. The van der Waals surface area contributed by atoms with Gasteiger partial charge in [-0.15, -0.1) is 0 Å². The topological polar surface area (TPSA) is 83.8 Å². The van der Waals surface area contributed by atoms with Crippen molar-refractivity contribution in [1.29, 1.82) is 0 Å². The van der Waals surface area contributed by atoms with Gasteiger partial charge in [-0.1, -0.05) is 11.8 Å². The van der Waals surface area contributed by atoms with Gasteiger partial charge >= 0.3 is 0 Å². The predicted octanol–water partition coefficient (Wildman–Crippen LogP) is 2.32. The van der Waals surface area contributed by atoms with E-state index in [-0.39, 0.29) is 5.69 Å². The maximum atomic E-state index is 10.7. The van der Waals surface area contributed by atoms with Crippen LogP contribution in [0.15, 0.2) is 23.4 Å². The Morgan fingerprint density at radius 1 is 1.47 bits per heavy atom. The monoisotopic (exact) mass is 278 g/mol. The highest BCUT2D eigenvalue weighted by Gasteiger charge is 2.17. The van der Waals surface area contributed by atoms with Gasteiger partial charge in [-0.25, -0.2) is 4.98 Å². The molecule has 0 radical (unpaired) electrons. The Kier molecular flexibility index (Phi) is 3.39. The third-order valence-corrected chi connectivity index (χ3v) is 4.34. The second kappa shape index (κ2) is 5.18. The smallest absolute Gasteiger partial charge is 0.271 e. The zero-order valence-corrected chi connectivity index (χ0v) is 11.1. The molecule has 7 heteroatoms. The SMILES string of the molecule is O=[N+]([O-])c1ccc2nc(SC3CCCNC3)[nH]c2c1. The van der Waals surface area contributed by atoms with Crippen LogP contribution in [0.4, 0.5) is 5.69 Å². The number of non-ortho nitro benzene ring substituents is 1. The first-order valence-electron chi connectivity index (χ1n) is 6.24. The minimum Gasteiger partial charge on any atom is -0.333 e. The number of aromatic nitrogens is 2. The summed E-state index contributed by atoms with van der Waals surface area (Å²) in [4.78, 5) is 18.0. The van der Waals surface area contributed by atoms with Crippen molar-refractivity contribution >= 4 is 28.5 Å².